The number of rotatable bonds is 4. The third-order valence-electron chi connectivity index (χ3n) is 3.88. The third-order valence-corrected chi connectivity index (χ3v) is 5.42. The van der Waals surface area contributed by atoms with E-state index >= 15 is 0 Å². The van der Waals surface area contributed by atoms with Gasteiger partial charge in [0.1, 0.15) is 17.5 Å². The number of nitrogen functional groups attached to an aromatic ring is 1. The lowest BCUT2D eigenvalue weighted by molar-refractivity contribution is 0.545. The minimum atomic E-state index is -0.109. The van der Waals surface area contributed by atoms with E-state index in [9.17, 15) is 0 Å². The molecule has 0 saturated carbocycles. The van der Waals surface area contributed by atoms with Crippen LogP contribution in [0.3, 0.4) is 0 Å². The molecule has 0 amide bonds. The minimum absolute atomic E-state index is 0.109. The second kappa shape index (κ2) is 6.01. The van der Waals surface area contributed by atoms with Crippen LogP contribution in [0, 0.1) is 6.92 Å². The fraction of sp³-hybridized carbons (Fsp3) is 0.733. The molecule has 1 atom stereocenters. The van der Waals surface area contributed by atoms with Crippen molar-refractivity contribution in [1.29, 1.82) is 0 Å². The highest BCUT2D eigenvalue weighted by atomic mass is 32.2. The van der Waals surface area contributed by atoms with Gasteiger partial charge in [0.25, 0.3) is 0 Å². The van der Waals surface area contributed by atoms with E-state index in [1.165, 1.54) is 18.6 Å². The first-order chi connectivity index (χ1) is 9.75. The molecular formula is C15H27N5S. The second-order valence-electron chi connectivity index (χ2n) is 7.02. The number of hydrogen-bond donors (Lipinski definition) is 3. The van der Waals surface area contributed by atoms with Crippen LogP contribution in [0.2, 0.25) is 0 Å². The molecule has 0 bridgehead atoms. The standard InChI is InChI=1S/C15H27N5S/c1-10-11(17-9-15(5)7-6-8-21-15)18-13(14(2,3)4)19-12(10)20-16/h6-9,16H2,1-5H3,(H2,17,18,19,20). The second-order valence-corrected chi connectivity index (χ2v) is 8.70. The van der Waals surface area contributed by atoms with Gasteiger partial charge in [0.15, 0.2) is 0 Å². The average molecular weight is 309 g/mol. The predicted molar refractivity (Wildman–Crippen MR) is 91.9 cm³/mol. The van der Waals surface area contributed by atoms with Crippen LogP contribution in [0.4, 0.5) is 11.6 Å². The van der Waals surface area contributed by atoms with Gasteiger partial charge in [0.05, 0.1) is 0 Å². The Balaban J connectivity index is 2.25. The van der Waals surface area contributed by atoms with Gasteiger partial charge in [-0.2, -0.15) is 11.8 Å². The highest BCUT2D eigenvalue weighted by Gasteiger charge is 2.30. The topological polar surface area (TPSA) is 75.9 Å². The number of hydrogen-bond acceptors (Lipinski definition) is 6. The number of aromatic nitrogens is 2. The molecule has 1 fully saturated rings. The Labute approximate surface area is 131 Å². The van der Waals surface area contributed by atoms with Gasteiger partial charge in [-0.1, -0.05) is 20.8 Å². The van der Waals surface area contributed by atoms with E-state index in [0.717, 1.165) is 23.8 Å². The van der Waals surface area contributed by atoms with Crippen LogP contribution in [0.15, 0.2) is 0 Å². The van der Waals surface area contributed by atoms with E-state index < -0.39 is 0 Å². The summed E-state index contributed by atoms with van der Waals surface area (Å²) in [5, 5.41) is 3.52. The lowest BCUT2D eigenvalue weighted by Gasteiger charge is -2.25. The third kappa shape index (κ3) is 3.80. The molecule has 0 radical (unpaired) electrons. The van der Waals surface area contributed by atoms with E-state index in [2.05, 4.69) is 43.4 Å². The van der Waals surface area contributed by atoms with Crippen LogP contribution < -0.4 is 16.6 Å². The van der Waals surface area contributed by atoms with Crippen molar-refractivity contribution in [2.75, 3.05) is 23.0 Å². The maximum atomic E-state index is 5.60. The smallest absolute Gasteiger partial charge is 0.148 e. The van der Waals surface area contributed by atoms with Gasteiger partial charge >= 0.3 is 0 Å². The van der Waals surface area contributed by atoms with E-state index in [1.807, 2.05) is 18.7 Å². The summed E-state index contributed by atoms with van der Waals surface area (Å²) in [6.07, 6.45) is 2.55. The molecule has 4 N–H and O–H groups in total. The van der Waals surface area contributed by atoms with Gasteiger partial charge < -0.3 is 10.7 Å². The molecule has 5 nitrogen and oxygen atoms in total. The number of nitrogens with one attached hydrogen (secondary N) is 2. The summed E-state index contributed by atoms with van der Waals surface area (Å²) in [7, 11) is 0. The predicted octanol–water partition coefficient (Wildman–Crippen LogP) is 3.07. The highest BCUT2D eigenvalue weighted by Crippen LogP contribution is 2.38. The maximum Gasteiger partial charge on any atom is 0.148 e. The van der Waals surface area contributed by atoms with Crippen LogP contribution in [-0.4, -0.2) is 27.0 Å². The molecule has 0 aromatic carbocycles. The Morgan fingerprint density at radius 1 is 1.29 bits per heavy atom. The van der Waals surface area contributed by atoms with Crippen LogP contribution in [-0.2, 0) is 5.41 Å². The fourth-order valence-electron chi connectivity index (χ4n) is 2.41. The van der Waals surface area contributed by atoms with Crippen LogP contribution in [0.25, 0.3) is 0 Å². The Hall–Kier alpha value is -1.01. The zero-order chi connectivity index (χ0) is 15.7. The summed E-state index contributed by atoms with van der Waals surface area (Å²) < 4.78 is 0.301. The molecule has 0 spiro atoms. The average Bonchev–Trinajstić information content (AvgIpc) is 2.83. The number of anilines is 2. The molecule has 6 heteroatoms. The molecular weight excluding hydrogens is 282 g/mol. The molecule has 2 heterocycles. The number of hydrazine groups is 1. The molecule has 2 rings (SSSR count). The highest BCUT2D eigenvalue weighted by molar-refractivity contribution is 8.00. The van der Waals surface area contributed by atoms with Gasteiger partial charge in [-0.15, -0.1) is 0 Å². The number of nitrogens with two attached hydrogens (primary N) is 1. The van der Waals surface area contributed by atoms with Crippen molar-refractivity contribution in [2.45, 2.75) is 57.6 Å². The van der Waals surface area contributed by atoms with E-state index in [-0.39, 0.29) is 5.41 Å². The monoisotopic (exact) mass is 309 g/mol. The van der Waals surface area contributed by atoms with Gasteiger partial charge in [0, 0.05) is 22.3 Å². The first-order valence-electron chi connectivity index (χ1n) is 7.49. The van der Waals surface area contributed by atoms with Crippen molar-refractivity contribution < 1.29 is 0 Å². The van der Waals surface area contributed by atoms with Gasteiger partial charge in [-0.3, -0.25) is 0 Å². The van der Waals surface area contributed by atoms with Crippen molar-refractivity contribution in [3.05, 3.63) is 11.4 Å². The molecule has 1 unspecified atom stereocenters. The Morgan fingerprint density at radius 3 is 2.48 bits per heavy atom. The van der Waals surface area contributed by atoms with Crippen molar-refractivity contribution in [2.24, 2.45) is 5.84 Å². The Bertz CT molecular complexity index is 504. The van der Waals surface area contributed by atoms with Crippen molar-refractivity contribution in [1.82, 2.24) is 9.97 Å². The molecule has 1 saturated heterocycles. The van der Waals surface area contributed by atoms with E-state index in [0.29, 0.717) is 10.6 Å². The maximum absolute atomic E-state index is 5.60. The van der Waals surface area contributed by atoms with Gasteiger partial charge in [-0.05, 0) is 32.4 Å². The van der Waals surface area contributed by atoms with Gasteiger partial charge in [0.2, 0.25) is 0 Å². The lowest BCUT2D eigenvalue weighted by atomic mass is 9.95. The first-order valence-corrected chi connectivity index (χ1v) is 8.47. The SMILES string of the molecule is Cc1c(NN)nc(C(C)(C)C)nc1NCC1(C)CCCS1. The van der Waals surface area contributed by atoms with Crippen LogP contribution >= 0.6 is 11.8 Å². The molecule has 21 heavy (non-hydrogen) atoms. The summed E-state index contributed by atoms with van der Waals surface area (Å²) in [4.78, 5) is 9.24. The van der Waals surface area contributed by atoms with E-state index in [4.69, 9.17) is 10.8 Å². The zero-order valence-electron chi connectivity index (χ0n) is 13.7. The summed E-state index contributed by atoms with van der Waals surface area (Å²) in [5.41, 5.74) is 3.55. The minimum Gasteiger partial charge on any atom is -0.368 e. The summed E-state index contributed by atoms with van der Waals surface area (Å²) in [5.74, 6) is 9.24. The largest absolute Gasteiger partial charge is 0.368 e. The molecule has 1 aliphatic rings. The lowest BCUT2D eigenvalue weighted by Crippen LogP contribution is -2.29. The molecule has 1 aliphatic heterocycles. The van der Waals surface area contributed by atoms with E-state index in [1.54, 1.807) is 0 Å². The molecule has 118 valence electrons. The summed E-state index contributed by atoms with van der Waals surface area (Å²) >= 11 is 2.04. The quantitative estimate of drug-likeness (QED) is 0.586. The Morgan fingerprint density at radius 2 is 1.95 bits per heavy atom. The van der Waals surface area contributed by atoms with Crippen molar-refractivity contribution >= 4 is 23.4 Å². The molecule has 1 aromatic heterocycles. The van der Waals surface area contributed by atoms with Crippen molar-refractivity contribution in [3.8, 4) is 0 Å². The molecule has 0 aliphatic carbocycles. The molecule has 1 aromatic rings. The van der Waals surface area contributed by atoms with Crippen molar-refractivity contribution in [3.63, 3.8) is 0 Å². The van der Waals surface area contributed by atoms with Crippen LogP contribution in [0.1, 0.15) is 51.9 Å². The number of thioether (sulfide) groups is 1. The summed E-state index contributed by atoms with van der Waals surface area (Å²) in [6, 6.07) is 0. The zero-order valence-corrected chi connectivity index (χ0v) is 14.5. The first kappa shape index (κ1) is 16.4. The normalized spacial score (nSPS) is 22.4. The fourth-order valence-corrected chi connectivity index (χ4v) is 3.66. The van der Waals surface area contributed by atoms with Crippen LogP contribution in [0.5, 0.6) is 0 Å². The Kier molecular flexibility index (Phi) is 4.68. The van der Waals surface area contributed by atoms with Gasteiger partial charge in [-0.25, -0.2) is 15.8 Å². The number of nitrogens with zero attached hydrogens (tertiary/aromatic N) is 2. The summed E-state index contributed by atoms with van der Waals surface area (Å²) in [6.45, 7) is 11.6.